The first kappa shape index (κ1) is 16.4. The summed E-state index contributed by atoms with van der Waals surface area (Å²) in [5, 5.41) is 5.39. The lowest BCUT2D eigenvalue weighted by molar-refractivity contribution is 0.798. The molecule has 0 radical (unpaired) electrons. The van der Waals surface area contributed by atoms with Gasteiger partial charge in [-0.2, -0.15) is 5.10 Å². The third-order valence-corrected chi connectivity index (χ3v) is 4.98. The zero-order valence-corrected chi connectivity index (χ0v) is 15.2. The van der Waals surface area contributed by atoms with Gasteiger partial charge in [0.05, 0.1) is 23.1 Å². The van der Waals surface area contributed by atoms with E-state index in [1.54, 1.807) is 25.5 Å². The molecule has 3 heterocycles. The van der Waals surface area contributed by atoms with Crippen LogP contribution in [0.4, 0.5) is 5.69 Å². The molecule has 0 bridgehead atoms. The van der Waals surface area contributed by atoms with E-state index >= 15 is 0 Å². The summed E-state index contributed by atoms with van der Waals surface area (Å²) < 4.78 is 6.76. The first-order chi connectivity index (χ1) is 12.6. The van der Waals surface area contributed by atoms with Crippen molar-refractivity contribution in [1.29, 1.82) is 0 Å². The maximum Gasteiger partial charge on any atom is 0.250 e. The second kappa shape index (κ2) is 6.68. The molecule has 4 aromatic rings. The first-order valence-corrected chi connectivity index (χ1v) is 8.90. The van der Waals surface area contributed by atoms with Crippen molar-refractivity contribution in [2.24, 2.45) is 14.1 Å². The van der Waals surface area contributed by atoms with Gasteiger partial charge in [-0.25, -0.2) is 0 Å². The van der Waals surface area contributed by atoms with Crippen molar-refractivity contribution in [2.45, 2.75) is 4.90 Å². The number of anilines is 1. The summed E-state index contributed by atoms with van der Waals surface area (Å²) in [5.41, 5.74) is 3.61. The zero-order valence-electron chi connectivity index (χ0n) is 14.4. The Balaban J connectivity index is 1.53. The molecule has 0 saturated heterocycles. The number of aromatic nitrogens is 4. The molecule has 0 spiro atoms. The Bertz CT molecular complexity index is 1130. The summed E-state index contributed by atoms with van der Waals surface area (Å²) in [7, 11) is 3.66. The third kappa shape index (κ3) is 3.09. The van der Waals surface area contributed by atoms with Crippen LogP contribution in [0.15, 0.2) is 70.7 Å². The van der Waals surface area contributed by atoms with Gasteiger partial charge in [0, 0.05) is 48.4 Å². The van der Waals surface area contributed by atoms with Crippen LogP contribution < -0.4 is 10.3 Å². The van der Waals surface area contributed by atoms with E-state index in [9.17, 15) is 4.79 Å². The van der Waals surface area contributed by atoms with E-state index in [1.807, 2.05) is 54.3 Å². The van der Waals surface area contributed by atoms with Crippen molar-refractivity contribution in [3.63, 3.8) is 0 Å². The minimum atomic E-state index is -0.0475. The molecule has 26 heavy (non-hydrogen) atoms. The molecule has 0 saturated carbocycles. The standard InChI is InChI=1S/C19H17N5OS/c1-23-9-8-13(10-18(23)25)16-7-6-15(12-20-16)26-22-17-5-3-4-14-11-21-24(2)19(14)17/h3-12,22H,1-2H3. The predicted octanol–water partition coefficient (Wildman–Crippen LogP) is 3.45. The normalized spacial score (nSPS) is 11.0. The molecule has 0 aliphatic heterocycles. The molecular weight excluding hydrogens is 346 g/mol. The van der Waals surface area contributed by atoms with Crippen LogP contribution >= 0.6 is 11.9 Å². The Morgan fingerprint density at radius 2 is 1.96 bits per heavy atom. The van der Waals surface area contributed by atoms with Gasteiger partial charge >= 0.3 is 0 Å². The highest BCUT2D eigenvalue weighted by molar-refractivity contribution is 8.00. The predicted molar refractivity (Wildman–Crippen MR) is 105 cm³/mol. The van der Waals surface area contributed by atoms with Gasteiger partial charge < -0.3 is 9.29 Å². The number of fused-ring (bicyclic) bond motifs is 1. The molecule has 4 rings (SSSR count). The average molecular weight is 363 g/mol. The van der Waals surface area contributed by atoms with E-state index in [1.165, 1.54) is 16.5 Å². The van der Waals surface area contributed by atoms with E-state index in [4.69, 9.17) is 0 Å². The van der Waals surface area contributed by atoms with E-state index in [2.05, 4.69) is 14.8 Å². The number of hydrogen-bond acceptors (Lipinski definition) is 5. The summed E-state index contributed by atoms with van der Waals surface area (Å²) in [4.78, 5) is 17.2. The Morgan fingerprint density at radius 1 is 1.08 bits per heavy atom. The fourth-order valence-electron chi connectivity index (χ4n) is 2.75. The minimum absolute atomic E-state index is 0.0475. The van der Waals surface area contributed by atoms with Crippen LogP contribution in [0.25, 0.3) is 22.2 Å². The highest BCUT2D eigenvalue weighted by Crippen LogP contribution is 2.28. The Kier molecular flexibility index (Phi) is 4.22. The molecule has 3 aromatic heterocycles. The van der Waals surface area contributed by atoms with Crippen LogP contribution in [0.5, 0.6) is 0 Å². The monoisotopic (exact) mass is 363 g/mol. The molecule has 1 N–H and O–H groups in total. The quantitative estimate of drug-likeness (QED) is 0.563. The largest absolute Gasteiger partial charge is 0.324 e. The fraction of sp³-hybridized carbons (Fsp3) is 0.105. The summed E-state index contributed by atoms with van der Waals surface area (Å²) in [6, 6.07) is 13.5. The minimum Gasteiger partial charge on any atom is -0.324 e. The van der Waals surface area contributed by atoms with Crippen molar-refractivity contribution < 1.29 is 0 Å². The van der Waals surface area contributed by atoms with E-state index in [-0.39, 0.29) is 5.56 Å². The number of rotatable bonds is 4. The van der Waals surface area contributed by atoms with Crippen LogP contribution in [0.3, 0.4) is 0 Å². The lowest BCUT2D eigenvalue weighted by atomic mass is 10.2. The Hall–Kier alpha value is -3.06. The molecule has 1 aromatic carbocycles. The van der Waals surface area contributed by atoms with Crippen LogP contribution in [0.1, 0.15) is 0 Å². The maximum atomic E-state index is 11.8. The first-order valence-electron chi connectivity index (χ1n) is 8.08. The van der Waals surface area contributed by atoms with Crippen molar-refractivity contribution in [3.8, 4) is 11.3 Å². The van der Waals surface area contributed by atoms with Crippen molar-refractivity contribution in [3.05, 3.63) is 71.4 Å². The van der Waals surface area contributed by atoms with Crippen LogP contribution in [-0.2, 0) is 14.1 Å². The summed E-state index contributed by atoms with van der Waals surface area (Å²) in [5.74, 6) is 0. The van der Waals surface area contributed by atoms with Crippen LogP contribution in [0.2, 0.25) is 0 Å². The van der Waals surface area contributed by atoms with E-state index in [0.717, 1.165) is 32.7 Å². The summed E-state index contributed by atoms with van der Waals surface area (Å²) in [6.45, 7) is 0. The lowest BCUT2D eigenvalue weighted by Gasteiger charge is -2.08. The van der Waals surface area contributed by atoms with Gasteiger partial charge in [0.15, 0.2) is 0 Å². The molecular formula is C19H17N5OS. The van der Waals surface area contributed by atoms with Crippen molar-refractivity contribution in [1.82, 2.24) is 19.3 Å². The van der Waals surface area contributed by atoms with Gasteiger partial charge in [-0.1, -0.05) is 12.1 Å². The van der Waals surface area contributed by atoms with Gasteiger partial charge in [-0.15, -0.1) is 0 Å². The second-order valence-corrected chi connectivity index (χ2v) is 6.84. The van der Waals surface area contributed by atoms with E-state index in [0.29, 0.717) is 0 Å². The number of hydrogen-bond donors (Lipinski definition) is 1. The van der Waals surface area contributed by atoms with Gasteiger partial charge in [0.1, 0.15) is 0 Å². The van der Waals surface area contributed by atoms with Crippen molar-refractivity contribution >= 4 is 28.5 Å². The number of nitrogens with zero attached hydrogens (tertiary/aromatic N) is 4. The fourth-order valence-corrected chi connectivity index (χ4v) is 3.38. The SMILES string of the molecule is Cn1ccc(-c2ccc(SNc3cccc4cnn(C)c34)cn2)cc1=O. The van der Waals surface area contributed by atoms with Crippen LogP contribution in [-0.4, -0.2) is 19.3 Å². The van der Waals surface area contributed by atoms with Crippen LogP contribution in [0, 0.1) is 0 Å². The highest BCUT2D eigenvalue weighted by atomic mass is 32.2. The second-order valence-electron chi connectivity index (χ2n) is 5.96. The topological polar surface area (TPSA) is 64.7 Å². The molecule has 0 unspecified atom stereocenters. The van der Waals surface area contributed by atoms with Gasteiger partial charge in [0.25, 0.3) is 5.56 Å². The smallest absolute Gasteiger partial charge is 0.250 e. The zero-order chi connectivity index (χ0) is 18.1. The number of para-hydroxylation sites is 1. The molecule has 0 aliphatic rings. The maximum absolute atomic E-state index is 11.8. The van der Waals surface area contributed by atoms with Gasteiger partial charge in [0.2, 0.25) is 0 Å². The number of nitrogens with one attached hydrogen (secondary N) is 1. The number of aryl methyl sites for hydroxylation is 2. The van der Waals surface area contributed by atoms with Crippen molar-refractivity contribution in [2.75, 3.05) is 4.72 Å². The molecule has 0 fully saturated rings. The molecule has 0 aliphatic carbocycles. The van der Waals surface area contributed by atoms with Gasteiger partial charge in [-0.05, 0) is 36.2 Å². The molecule has 0 amide bonds. The molecule has 6 nitrogen and oxygen atoms in total. The third-order valence-electron chi connectivity index (χ3n) is 4.18. The molecule has 130 valence electrons. The molecule has 7 heteroatoms. The Morgan fingerprint density at radius 3 is 2.73 bits per heavy atom. The number of pyridine rings is 2. The highest BCUT2D eigenvalue weighted by Gasteiger charge is 2.07. The summed E-state index contributed by atoms with van der Waals surface area (Å²) >= 11 is 1.49. The number of benzene rings is 1. The average Bonchev–Trinajstić information content (AvgIpc) is 3.04. The van der Waals surface area contributed by atoms with Gasteiger partial charge in [-0.3, -0.25) is 14.5 Å². The molecule has 0 atom stereocenters. The van der Waals surface area contributed by atoms with E-state index < -0.39 is 0 Å². The Labute approximate surface area is 154 Å². The lowest BCUT2D eigenvalue weighted by Crippen LogP contribution is -2.14. The summed E-state index contributed by atoms with van der Waals surface area (Å²) in [6.07, 6.45) is 5.40.